The molecule has 0 saturated carbocycles. The molecule has 3 rings (SSSR count). The van der Waals surface area contributed by atoms with Crippen molar-refractivity contribution in [3.63, 3.8) is 0 Å². The molecule has 2 aromatic rings. The molecule has 0 bridgehead atoms. The smallest absolute Gasteiger partial charge is 0.261 e. The fourth-order valence-electron chi connectivity index (χ4n) is 2.65. The minimum absolute atomic E-state index is 0. The number of hydrogen-bond acceptors (Lipinski definition) is 3. The SMILES string of the molecule is Cl.NC(Cc1ccccc1Cl)CN1C(=O)c2ccccc2C1=O. The predicted octanol–water partition coefficient (Wildman–Crippen LogP) is 2.93. The van der Waals surface area contributed by atoms with Crippen molar-refractivity contribution in [2.75, 3.05) is 6.54 Å². The number of nitrogens with zero attached hydrogens (tertiary/aromatic N) is 1. The van der Waals surface area contributed by atoms with Gasteiger partial charge < -0.3 is 5.73 Å². The molecule has 4 nitrogen and oxygen atoms in total. The van der Waals surface area contributed by atoms with Crippen LogP contribution in [0.15, 0.2) is 48.5 Å². The Labute approximate surface area is 145 Å². The van der Waals surface area contributed by atoms with Crippen LogP contribution in [0, 0.1) is 0 Å². The van der Waals surface area contributed by atoms with Gasteiger partial charge in [-0.2, -0.15) is 0 Å². The first kappa shape index (κ1) is 17.5. The van der Waals surface area contributed by atoms with Crippen LogP contribution in [0.3, 0.4) is 0 Å². The monoisotopic (exact) mass is 350 g/mol. The maximum Gasteiger partial charge on any atom is 0.261 e. The van der Waals surface area contributed by atoms with Crippen LogP contribution >= 0.6 is 24.0 Å². The van der Waals surface area contributed by atoms with Crippen LogP contribution in [0.5, 0.6) is 0 Å². The number of benzene rings is 2. The summed E-state index contributed by atoms with van der Waals surface area (Å²) in [4.78, 5) is 25.8. The Morgan fingerprint density at radius 1 is 0.957 bits per heavy atom. The molecule has 1 aliphatic rings. The van der Waals surface area contributed by atoms with E-state index in [9.17, 15) is 9.59 Å². The lowest BCUT2D eigenvalue weighted by Gasteiger charge is -2.19. The molecule has 2 amide bonds. The fourth-order valence-corrected chi connectivity index (χ4v) is 2.86. The molecular weight excluding hydrogens is 335 g/mol. The number of hydrogen-bond donors (Lipinski definition) is 1. The molecule has 0 aromatic heterocycles. The Bertz CT molecular complexity index is 714. The average Bonchev–Trinajstić information content (AvgIpc) is 2.75. The normalized spacial score (nSPS) is 14.4. The Morgan fingerprint density at radius 2 is 1.48 bits per heavy atom. The minimum atomic E-state index is -0.359. The summed E-state index contributed by atoms with van der Waals surface area (Å²) in [6.07, 6.45) is 0.507. The minimum Gasteiger partial charge on any atom is -0.326 e. The topological polar surface area (TPSA) is 63.4 Å². The number of amides is 2. The van der Waals surface area contributed by atoms with Crippen LogP contribution in [-0.2, 0) is 6.42 Å². The number of carbonyl (C=O) groups is 2. The number of nitrogens with two attached hydrogens (primary N) is 1. The third-order valence-corrected chi connectivity index (χ3v) is 4.10. The Kier molecular flexibility index (Phi) is 5.42. The van der Waals surface area contributed by atoms with Crippen molar-refractivity contribution >= 4 is 35.8 Å². The summed E-state index contributed by atoms with van der Waals surface area (Å²) < 4.78 is 0. The van der Waals surface area contributed by atoms with Crippen molar-refractivity contribution in [2.45, 2.75) is 12.5 Å². The summed E-state index contributed by atoms with van der Waals surface area (Å²) >= 11 is 6.11. The molecule has 6 heteroatoms. The highest BCUT2D eigenvalue weighted by atomic mass is 35.5. The number of fused-ring (bicyclic) bond motifs is 1. The van der Waals surface area contributed by atoms with E-state index in [1.807, 2.05) is 18.2 Å². The summed E-state index contributed by atoms with van der Waals surface area (Å²) in [7, 11) is 0. The van der Waals surface area contributed by atoms with E-state index in [2.05, 4.69) is 0 Å². The van der Waals surface area contributed by atoms with Crippen molar-refractivity contribution in [3.8, 4) is 0 Å². The largest absolute Gasteiger partial charge is 0.326 e. The van der Waals surface area contributed by atoms with E-state index in [1.165, 1.54) is 4.90 Å². The van der Waals surface area contributed by atoms with Gasteiger partial charge in [0.2, 0.25) is 0 Å². The highest BCUT2D eigenvalue weighted by Gasteiger charge is 2.35. The van der Waals surface area contributed by atoms with E-state index < -0.39 is 0 Å². The van der Waals surface area contributed by atoms with Gasteiger partial charge in [0, 0.05) is 17.6 Å². The lowest BCUT2D eigenvalue weighted by Crippen LogP contribution is -2.41. The summed E-state index contributed by atoms with van der Waals surface area (Å²) in [6, 6.07) is 13.9. The van der Waals surface area contributed by atoms with Crippen LogP contribution in [0.4, 0.5) is 0 Å². The number of carbonyl (C=O) groups excluding carboxylic acids is 2. The van der Waals surface area contributed by atoms with E-state index in [1.54, 1.807) is 30.3 Å². The second-order valence-corrected chi connectivity index (χ2v) is 5.73. The van der Waals surface area contributed by atoms with E-state index in [0.29, 0.717) is 22.6 Å². The van der Waals surface area contributed by atoms with E-state index >= 15 is 0 Å². The molecule has 0 spiro atoms. The standard InChI is InChI=1S/C17H15ClN2O2.ClH/c18-15-8-4-1-5-11(15)9-12(19)10-20-16(21)13-6-2-3-7-14(13)17(20)22;/h1-8,12H,9-10,19H2;1H. The van der Waals surface area contributed by atoms with Gasteiger partial charge in [-0.1, -0.05) is 41.9 Å². The molecule has 0 aliphatic carbocycles. The Balaban J connectivity index is 0.00000192. The van der Waals surface area contributed by atoms with E-state index in [0.717, 1.165) is 5.56 Å². The second-order valence-electron chi connectivity index (χ2n) is 5.32. The quantitative estimate of drug-likeness (QED) is 0.862. The van der Waals surface area contributed by atoms with Crippen molar-refractivity contribution in [3.05, 3.63) is 70.2 Å². The van der Waals surface area contributed by atoms with Gasteiger partial charge in [-0.15, -0.1) is 12.4 Å². The summed E-state index contributed by atoms with van der Waals surface area (Å²) in [5.41, 5.74) is 7.90. The lowest BCUT2D eigenvalue weighted by molar-refractivity contribution is 0.0644. The zero-order valence-corrected chi connectivity index (χ0v) is 13.8. The Morgan fingerprint density at radius 3 is 2.04 bits per heavy atom. The number of imide groups is 1. The summed E-state index contributed by atoms with van der Waals surface area (Å²) in [5.74, 6) is -0.564. The predicted molar refractivity (Wildman–Crippen MR) is 92.2 cm³/mol. The maximum atomic E-state index is 12.3. The van der Waals surface area contributed by atoms with Crippen molar-refractivity contribution < 1.29 is 9.59 Å². The summed E-state index contributed by atoms with van der Waals surface area (Å²) in [6.45, 7) is 0.178. The highest BCUT2D eigenvalue weighted by Crippen LogP contribution is 2.23. The molecular formula is C17H16Cl2N2O2. The highest BCUT2D eigenvalue weighted by molar-refractivity contribution is 6.31. The van der Waals surface area contributed by atoms with Gasteiger partial charge in [0.25, 0.3) is 11.8 Å². The van der Waals surface area contributed by atoms with Gasteiger partial charge >= 0.3 is 0 Å². The van der Waals surface area contributed by atoms with Gasteiger partial charge in [-0.25, -0.2) is 0 Å². The van der Waals surface area contributed by atoms with Crippen molar-refractivity contribution in [1.82, 2.24) is 4.90 Å². The second kappa shape index (κ2) is 7.13. The molecule has 120 valence electrons. The Hall–Kier alpha value is -1.88. The van der Waals surface area contributed by atoms with Gasteiger partial charge in [0.15, 0.2) is 0 Å². The molecule has 2 N–H and O–H groups in total. The zero-order valence-electron chi connectivity index (χ0n) is 12.2. The van der Waals surface area contributed by atoms with Crippen LogP contribution in [0.2, 0.25) is 5.02 Å². The average molecular weight is 351 g/mol. The molecule has 1 aliphatic heterocycles. The molecule has 0 radical (unpaired) electrons. The fraction of sp³-hybridized carbons (Fsp3) is 0.176. The van der Waals surface area contributed by atoms with Crippen LogP contribution in [0.1, 0.15) is 26.3 Å². The first-order valence-corrected chi connectivity index (χ1v) is 7.40. The van der Waals surface area contributed by atoms with Crippen molar-refractivity contribution in [2.24, 2.45) is 5.73 Å². The first-order valence-electron chi connectivity index (χ1n) is 7.02. The lowest BCUT2D eigenvalue weighted by atomic mass is 10.1. The summed E-state index contributed by atoms with van der Waals surface area (Å²) in [5, 5.41) is 0.639. The molecule has 1 unspecified atom stereocenters. The number of halogens is 2. The maximum absolute atomic E-state index is 12.3. The zero-order chi connectivity index (χ0) is 15.7. The van der Waals surface area contributed by atoms with Gasteiger partial charge in [0.1, 0.15) is 0 Å². The van der Waals surface area contributed by atoms with Crippen molar-refractivity contribution in [1.29, 1.82) is 0 Å². The molecule has 23 heavy (non-hydrogen) atoms. The van der Waals surface area contributed by atoms with Crippen LogP contribution in [0.25, 0.3) is 0 Å². The van der Waals surface area contributed by atoms with Gasteiger partial charge in [0.05, 0.1) is 11.1 Å². The third-order valence-electron chi connectivity index (χ3n) is 3.74. The molecule has 1 atom stereocenters. The van der Waals surface area contributed by atoms with E-state index in [-0.39, 0.29) is 36.8 Å². The van der Waals surface area contributed by atoms with E-state index in [4.69, 9.17) is 17.3 Å². The molecule has 1 heterocycles. The number of rotatable bonds is 4. The molecule has 0 saturated heterocycles. The van der Waals surface area contributed by atoms with Crippen LogP contribution < -0.4 is 5.73 Å². The van der Waals surface area contributed by atoms with Crippen LogP contribution in [-0.4, -0.2) is 29.3 Å². The first-order chi connectivity index (χ1) is 10.6. The third kappa shape index (κ3) is 3.39. The molecule has 0 fully saturated rings. The van der Waals surface area contributed by atoms with Gasteiger partial charge in [-0.3, -0.25) is 14.5 Å². The molecule has 2 aromatic carbocycles. The van der Waals surface area contributed by atoms with Gasteiger partial charge in [-0.05, 0) is 30.2 Å².